The van der Waals surface area contributed by atoms with Crippen molar-refractivity contribution in [1.29, 1.82) is 0 Å². The first-order chi connectivity index (χ1) is 16.5. The number of carbonyl (C=O) groups excluding carboxylic acids is 3. The lowest BCUT2D eigenvalue weighted by Crippen LogP contribution is -2.71. The summed E-state index contributed by atoms with van der Waals surface area (Å²) in [5, 5.41) is 25.6. The third-order valence-electron chi connectivity index (χ3n) is 5.00. The molecular weight excluding hydrogens is 526 g/mol. The van der Waals surface area contributed by atoms with Crippen molar-refractivity contribution < 1.29 is 42.2 Å². The number of rotatable bonds is 7. The van der Waals surface area contributed by atoms with Gasteiger partial charge in [0.1, 0.15) is 11.4 Å². The van der Waals surface area contributed by atoms with E-state index in [4.69, 9.17) is 5.73 Å². The molecule has 2 aromatic heterocycles. The molecule has 5 N–H and O–H groups in total. The first-order valence-electron chi connectivity index (χ1n) is 9.48. The van der Waals surface area contributed by atoms with Gasteiger partial charge in [-0.2, -0.15) is 22.3 Å². The second-order valence-corrected chi connectivity index (χ2v) is 10.5. The molecule has 15 nitrogen and oxygen atoms in total. The molecule has 2 aromatic rings. The summed E-state index contributed by atoms with van der Waals surface area (Å²) >= 11 is 1.92. The number of nitrogens with zero attached hydrogens (tertiary/aromatic N) is 5. The van der Waals surface area contributed by atoms with Gasteiger partial charge in [0.15, 0.2) is 29.0 Å². The first kappa shape index (κ1) is 24.5. The van der Waals surface area contributed by atoms with Crippen LogP contribution >= 0.6 is 23.3 Å². The van der Waals surface area contributed by atoms with E-state index in [1.807, 2.05) is 0 Å². The number of hydrogen-bond donors (Lipinski definition) is 4. The van der Waals surface area contributed by atoms with Crippen LogP contribution in [0.5, 0.6) is 0 Å². The summed E-state index contributed by atoms with van der Waals surface area (Å²) in [6, 6.07) is 1.38. The van der Waals surface area contributed by atoms with E-state index in [1.165, 1.54) is 16.8 Å². The van der Waals surface area contributed by atoms with Gasteiger partial charge in [0.05, 0.1) is 11.7 Å². The Morgan fingerprint density at radius 3 is 2.77 bits per heavy atom. The molecule has 0 aromatic carbocycles. The highest BCUT2D eigenvalue weighted by Gasteiger charge is 2.53. The fourth-order valence-corrected chi connectivity index (χ4v) is 5.78. The number of carbonyl (C=O) groups is 3. The zero-order valence-corrected chi connectivity index (χ0v) is 19.7. The van der Waals surface area contributed by atoms with Crippen molar-refractivity contribution in [3.63, 3.8) is 0 Å². The molecule has 1 fully saturated rings. The number of oxime groups is 1. The monoisotopic (exact) mass is 541 g/mol. The normalized spacial score (nSPS) is 20.3. The average molecular weight is 542 g/mol. The minimum absolute atomic E-state index is 0.0268. The molecule has 2 aliphatic heterocycles. The van der Waals surface area contributed by atoms with E-state index in [0.29, 0.717) is 0 Å². The molecular formula is C17H15N7O8S3. The van der Waals surface area contributed by atoms with Gasteiger partial charge < -0.3 is 26.2 Å². The molecule has 35 heavy (non-hydrogen) atoms. The topological polar surface area (TPSA) is 232 Å². The van der Waals surface area contributed by atoms with Crippen LogP contribution in [-0.2, 0) is 31.0 Å². The minimum atomic E-state index is -4.48. The van der Waals surface area contributed by atoms with Gasteiger partial charge in [-0.3, -0.25) is 19.0 Å². The predicted octanol–water partition coefficient (Wildman–Crippen LogP) is -3.06. The Morgan fingerprint density at radius 2 is 2.17 bits per heavy atom. The molecule has 0 aliphatic carbocycles. The molecule has 0 spiro atoms. The van der Waals surface area contributed by atoms with Crippen LogP contribution in [0.2, 0.25) is 0 Å². The van der Waals surface area contributed by atoms with Crippen LogP contribution in [0.25, 0.3) is 0 Å². The number of carboxylic acid groups (broad SMARTS) is 1. The lowest BCUT2D eigenvalue weighted by atomic mass is 10.0. The van der Waals surface area contributed by atoms with Crippen molar-refractivity contribution in [3.8, 4) is 0 Å². The van der Waals surface area contributed by atoms with Crippen molar-refractivity contribution in [2.24, 2.45) is 5.16 Å². The Bertz CT molecular complexity index is 1400. The summed E-state index contributed by atoms with van der Waals surface area (Å²) in [6.45, 7) is -0.106. The number of anilines is 1. The largest absolute Gasteiger partial charge is 0.543 e. The van der Waals surface area contributed by atoms with E-state index in [-0.39, 0.29) is 28.8 Å². The molecule has 2 atom stereocenters. The number of fused-ring (bicyclic) bond motifs is 1. The van der Waals surface area contributed by atoms with E-state index in [0.717, 1.165) is 40.5 Å². The highest BCUT2D eigenvalue weighted by molar-refractivity contribution is 8.00. The Balaban J connectivity index is 1.55. The number of nitrogen functional groups attached to an aromatic ring is 1. The smallest absolute Gasteiger partial charge is 0.300 e. The highest BCUT2D eigenvalue weighted by atomic mass is 32.2. The number of nitrogens with one attached hydrogen (secondary N) is 1. The van der Waals surface area contributed by atoms with Crippen molar-refractivity contribution in [1.82, 2.24) is 19.6 Å². The third kappa shape index (κ3) is 4.67. The van der Waals surface area contributed by atoms with Crippen LogP contribution in [0.1, 0.15) is 5.82 Å². The summed E-state index contributed by atoms with van der Waals surface area (Å²) in [4.78, 5) is 41.5. The molecule has 4 heterocycles. The summed E-state index contributed by atoms with van der Waals surface area (Å²) in [5.41, 5.74) is 4.74. The summed E-state index contributed by atoms with van der Waals surface area (Å²) in [6.07, 6.45) is 2.57. The maximum Gasteiger partial charge on any atom is 0.300 e. The summed E-state index contributed by atoms with van der Waals surface area (Å²) in [7, 11) is -4.48. The molecule has 4 rings (SSSR count). The van der Waals surface area contributed by atoms with Crippen LogP contribution in [0.3, 0.4) is 0 Å². The molecule has 1 saturated heterocycles. The van der Waals surface area contributed by atoms with Crippen LogP contribution < -0.4 is 20.7 Å². The van der Waals surface area contributed by atoms with Crippen LogP contribution in [0.15, 0.2) is 45.8 Å². The molecule has 2 amide bonds. The van der Waals surface area contributed by atoms with Gasteiger partial charge in [-0.25, -0.2) is 0 Å². The van der Waals surface area contributed by atoms with Gasteiger partial charge in [0.25, 0.3) is 21.9 Å². The number of aliphatic carboxylic acids is 1. The van der Waals surface area contributed by atoms with E-state index >= 15 is 0 Å². The number of pyridine rings is 1. The SMILES string of the molecule is Nc1nc(/C(=N/O)C(=O)N[C@@H]2C(=O)N3C(C(=O)[O-])=C(C[n+]4cccc(S(=O)(=O)O)c4)CS[C@@H]23)ns1. The molecule has 18 heteroatoms. The number of carboxylic acids is 1. The van der Waals surface area contributed by atoms with Crippen molar-refractivity contribution in [2.75, 3.05) is 11.5 Å². The molecule has 0 unspecified atom stereocenters. The fourth-order valence-electron chi connectivity index (χ4n) is 3.50. The van der Waals surface area contributed by atoms with Crippen molar-refractivity contribution >= 4 is 62.0 Å². The van der Waals surface area contributed by atoms with Crippen molar-refractivity contribution in [2.45, 2.75) is 22.9 Å². The van der Waals surface area contributed by atoms with Crippen molar-refractivity contribution in [3.05, 3.63) is 41.6 Å². The maximum absolute atomic E-state index is 12.8. The number of thioether (sulfide) groups is 1. The van der Waals surface area contributed by atoms with E-state index < -0.39 is 55.6 Å². The second-order valence-electron chi connectivity index (χ2n) is 7.19. The number of aromatic nitrogens is 3. The van der Waals surface area contributed by atoms with Gasteiger partial charge in [-0.1, -0.05) is 5.16 Å². The van der Waals surface area contributed by atoms with Gasteiger partial charge >= 0.3 is 0 Å². The Morgan fingerprint density at radius 1 is 1.43 bits per heavy atom. The van der Waals surface area contributed by atoms with E-state index in [1.54, 1.807) is 0 Å². The minimum Gasteiger partial charge on any atom is -0.543 e. The lowest BCUT2D eigenvalue weighted by molar-refractivity contribution is -0.690. The molecule has 0 saturated carbocycles. The highest BCUT2D eigenvalue weighted by Crippen LogP contribution is 2.40. The summed E-state index contributed by atoms with van der Waals surface area (Å²) in [5.74, 6) is -3.47. The van der Waals surface area contributed by atoms with Crippen LogP contribution in [0.4, 0.5) is 5.13 Å². The second kappa shape index (κ2) is 9.21. The van der Waals surface area contributed by atoms with E-state index in [9.17, 15) is 37.7 Å². The molecule has 2 aliphatic rings. The number of β-lactam (4-membered cyclic amide) rings is 1. The summed E-state index contributed by atoms with van der Waals surface area (Å²) < 4.78 is 37.1. The zero-order valence-electron chi connectivity index (χ0n) is 17.3. The molecule has 0 radical (unpaired) electrons. The van der Waals surface area contributed by atoms with Gasteiger partial charge in [0.2, 0.25) is 11.5 Å². The van der Waals surface area contributed by atoms with Gasteiger partial charge in [-0.05, 0) is 6.07 Å². The zero-order chi connectivity index (χ0) is 25.5. The number of hydrogen-bond acceptors (Lipinski definition) is 13. The average Bonchev–Trinajstić information content (AvgIpc) is 3.22. The first-order valence-corrected chi connectivity index (χ1v) is 12.7. The van der Waals surface area contributed by atoms with Crippen LogP contribution in [-0.4, -0.2) is 73.1 Å². The molecule has 0 bridgehead atoms. The fraction of sp³-hybridized carbons (Fsp3) is 0.235. The van der Waals surface area contributed by atoms with Gasteiger partial charge in [-0.15, -0.1) is 11.8 Å². The quantitative estimate of drug-likeness (QED) is 0.0683. The predicted molar refractivity (Wildman–Crippen MR) is 116 cm³/mol. The van der Waals surface area contributed by atoms with Gasteiger partial charge in [0, 0.05) is 28.9 Å². The number of amides is 2. The van der Waals surface area contributed by atoms with Crippen LogP contribution in [0, 0.1) is 0 Å². The third-order valence-corrected chi connectivity index (χ3v) is 7.72. The Hall–Kier alpha value is -3.61. The Kier molecular flexibility index (Phi) is 6.45. The Labute approximate surface area is 204 Å². The maximum atomic E-state index is 12.8. The number of nitrogens with two attached hydrogens (primary N) is 1. The standard InChI is InChI=1S/C17H15N7O8S3/c18-17-20-12(22-34-17)9(21-29)13(25)19-10-14(26)24-11(16(27)28)7(6-33-15(10)24)4-23-3-1-2-8(5-23)35(30,31)32/h1-3,5,10,15H,4,6H2,(H5-,18,19,20,22,25,27,28,29,30,31,32)/t10-,15+/m1/s1. The van der Waals surface area contributed by atoms with E-state index in [2.05, 4.69) is 19.8 Å². The lowest BCUT2D eigenvalue weighted by Gasteiger charge is -2.50. The molecule has 184 valence electrons.